The first-order valence-corrected chi connectivity index (χ1v) is 5.93. The van der Waals surface area contributed by atoms with Crippen LogP contribution >= 0.6 is 0 Å². The summed E-state index contributed by atoms with van der Waals surface area (Å²) in [7, 11) is 0. The zero-order chi connectivity index (χ0) is 13.1. The van der Waals surface area contributed by atoms with Crippen LogP contribution in [0.3, 0.4) is 0 Å². The van der Waals surface area contributed by atoms with Crippen molar-refractivity contribution in [1.82, 2.24) is 9.97 Å². The van der Waals surface area contributed by atoms with E-state index in [0.29, 0.717) is 5.56 Å². The molecule has 3 aromatic rings. The molecule has 0 aliphatic carbocycles. The Bertz CT molecular complexity index is 696. The molecule has 3 heteroatoms. The van der Waals surface area contributed by atoms with Gasteiger partial charge in [-0.25, -0.2) is 0 Å². The number of benzene rings is 1. The molecule has 19 heavy (non-hydrogen) atoms. The molecule has 0 saturated carbocycles. The van der Waals surface area contributed by atoms with Crippen LogP contribution in [-0.4, -0.2) is 15.1 Å². The monoisotopic (exact) mass is 247 g/mol. The van der Waals surface area contributed by atoms with Crippen LogP contribution in [0.15, 0.2) is 60.9 Å². The molecule has 91 valence electrons. The van der Waals surface area contributed by atoms with E-state index >= 15 is 0 Å². The molecule has 1 aromatic carbocycles. The molecule has 0 aliphatic heterocycles. The Hall–Kier alpha value is -2.68. The van der Waals surface area contributed by atoms with Crippen molar-refractivity contribution in [3.63, 3.8) is 0 Å². The summed E-state index contributed by atoms with van der Waals surface area (Å²) in [6.07, 6.45) is 6.36. The number of phenols is 1. The predicted octanol–water partition coefficient (Wildman–Crippen LogP) is 3.32. The van der Waals surface area contributed by atoms with Gasteiger partial charge < -0.3 is 5.11 Å². The minimum atomic E-state index is 0.212. The normalized spacial score (nSPS) is 10.3. The first-order valence-electron chi connectivity index (χ1n) is 5.93. The average Bonchev–Trinajstić information content (AvgIpc) is 2.49. The number of aromatic hydroxyl groups is 1. The van der Waals surface area contributed by atoms with Gasteiger partial charge in [-0.15, -0.1) is 0 Å². The van der Waals surface area contributed by atoms with Gasteiger partial charge in [0.15, 0.2) is 0 Å². The summed E-state index contributed by atoms with van der Waals surface area (Å²) in [5.74, 6) is 0.212. The molecule has 0 saturated heterocycles. The molecule has 0 spiro atoms. The lowest BCUT2D eigenvalue weighted by atomic mass is 9.99. The van der Waals surface area contributed by atoms with Crippen LogP contribution in [0.25, 0.3) is 22.4 Å². The highest BCUT2D eigenvalue weighted by atomic mass is 16.3. The molecule has 2 heterocycles. The number of hydrogen-bond acceptors (Lipinski definition) is 3. The van der Waals surface area contributed by atoms with Crippen LogP contribution in [0.1, 0.15) is 0 Å². The summed E-state index contributed by atoms with van der Waals surface area (Å²) < 4.78 is 0. The molecule has 0 aliphatic rings. The van der Waals surface area contributed by atoms with Gasteiger partial charge in [0.1, 0.15) is 5.75 Å². The van der Waals surface area contributed by atoms with E-state index in [1.165, 1.54) is 0 Å². The van der Waals surface area contributed by atoms with Gasteiger partial charge in [-0.1, -0.05) is 24.3 Å². The molecule has 0 amide bonds. The fraction of sp³-hybridized carbons (Fsp3) is 0. The van der Waals surface area contributed by atoms with Gasteiger partial charge in [0, 0.05) is 29.1 Å². The third kappa shape index (κ3) is 2.18. The van der Waals surface area contributed by atoms with E-state index in [2.05, 4.69) is 16.2 Å². The zero-order valence-electron chi connectivity index (χ0n) is 10.1. The molecule has 2 aromatic heterocycles. The summed E-state index contributed by atoms with van der Waals surface area (Å²) in [6.45, 7) is 0. The Balaban J connectivity index is 2.21. The lowest BCUT2D eigenvalue weighted by molar-refractivity contribution is 0.477. The van der Waals surface area contributed by atoms with Gasteiger partial charge in [0.25, 0.3) is 0 Å². The highest BCUT2D eigenvalue weighted by Crippen LogP contribution is 2.34. The quantitative estimate of drug-likeness (QED) is 0.755. The highest BCUT2D eigenvalue weighted by molar-refractivity contribution is 5.83. The number of para-hydroxylation sites is 1. The maximum absolute atomic E-state index is 9.97. The minimum absolute atomic E-state index is 0.212. The van der Waals surface area contributed by atoms with Crippen molar-refractivity contribution in [2.24, 2.45) is 0 Å². The number of nitrogens with zero attached hydrogens (tertiary/aromatic N) is 2. The second-order valence-corrected chi connectivity index (χ2v) is 4.08. The Morgan fingerprint density at radius 1 is 0.842 bits per heavy atom. The van der Waals surface area contributed by atoms with Crippen molar-refractivity contribution in [2.45, 2.75) is 0 Å². The maximum atomic E-state index is 9.97. The molecule has 3 nitrogen and oxygen atoms in total. The van der Waals surface area contributed by atoms with Crippen molar-refractivity contribution in [3.8, 4) is 28.1 Å². The summed E-state index contributed by atoms with van der Waals surface area (Å²) >= 11 is 0. The third-order valence-corrected chi connectivity index (χ3v) is 2.88. The second kappa shape index (κ2) is 4.90. The molecule has 0 unspecified atom stereocenters. The van der Waals surface area contributed by atoms with E-state index in [1.807, 2.05) is 36.4 Å². The summed E-state index contributed by atoms with van der Waals surface area (Å²) in [5.41, 5.74) is 3.19. The van der Waals surface area contributed by atoms with Crippen molar-refractivity contribution in [3.05, 3.63) is 67.1 Å². The molecule has 3 rings (SSSR count). The van der Waals surface area contributed by atoms with Gasteiger partial charge in [-0.2, -0.15) is 0 Å². The number of aromatic nitrogens is 2. The largest absolute Gasteiger partial charge is 0.507 e. The van der Waals surface area contributed by atoms with Gasteiger partial charge in [-0.3, -0.25) is 9.97 Å². The van der Waals surface area contributed by atoms with Gasteiger partial charge in [0.2, 0.25) is 0 Å². The SMILES string of the molecule is Oc1ccccc1-c1[c]nccc1-c1ccccn1. The number of rotatable bonds is 2. The zero-order valence-corrected chi connectivity index (χ0v) is 10.1. The molecule has 1 radical (unpaired) electrons. The molecule has 1 N–H and O–H groups in total. The fourth-order valence-corrected chi connectivity index (χ4v) is 1.98. The van der Waals surface area contributed by atoms with Crippen LogP contribution in [0.5, 0.6) is 5.75 Å². The summed E-state index contributed by atoms with van der Waals surface area (Å²) in [4.78, 5) is 8.36. The highest BCUT2D eigenvalue weighted by Gasteiger charge is 2.11. The molecular formula is C16H11N2O. The van der Waals surface area contributed by atoms with Crippen LogP contribution in [0, 0.1) is 6.20 Å². The van der Waals surface area contributed by atoms with Crippen LogP contribution in [-0.2, 0) is 0 Å². The number of hydrogen-bond donors (Lipinski definition) is 1. The van der Waals surface area contributed by atoms with Gasteiger partial charge in [-0.05, 0) is 24.3 Å². The smallest absolute Gasteiger partial charge is 0.123 e. The Morgan fingerprint density at radius 3 is 2.47 bits per heavy atom. The Morgan fingerprint density at radius 2 is 1.68 bits per heavy atom. The molecule has 0 bridgehead atoms. The average molecular weight is 247 g/mol. The number of pyridine rings is 2. The number of phenolic OH excluding ortho intramolecular Hbond substituents is 1. The lowest BCUT2D eigenvalue weighted by Gasteiger charge is -2.09. The molecule has 0 fully saturated rings. The predicted molar refractivity (Wildman–Crippen MR) is 73.4 cm³/mol. The van der Waals surface area contributed by atoms with Crippen LogP contribution in [0.2, 0.25) is 0 Å². The maximum Gasteiger partial charge on any atom is 0.123 e. The lowest BCUT2D eigenvalue weighted by Crippen LogP contribution is -1.89. The second-order valence-electron chi connectivity index (χ2n) is 4.08. The first kappa shape index (κ1) is 11.4. The van der Waals surface area contributed by atoms with Gasteiger partial charge >= 0.3 is 0 Å². The van der Waals surface area contributed by atoms with Crippen LogP contribution in [0.4, 0.5) is 0 Å². The van der Waals surface area contributed by atoms with Crippen molar-refractivity contribution >= 4 is 0 Å². The van der Waals surface area contributed by atoms with Crippen molar-refractivity contribution in [1.29, 1.82) is 0 Å². The topological polar surface area (TPSA) is 46.0 Å². The van der Waals surface area contributed by atoms with E-state index in [9.17, 15) is 5.11 Å². The fourth-order valence-electron chi connectivity index (χ4n) is 1.98. The van der Waals surface area contributed by atoms with E-state index in [-0.39, 0.29) is 5.75 Å². The Labute approximate surface area is 111 Å². The molecular weight excluding hydrogens is 236 g/mol. The third-order valence-electron chi connectivity index (χ3n) is 2.88. The summed E-state index contributed by atoms with van der Waals surface area (Å²) in [6, 6.07) is 14.8. The van der Waals surface area contributed by atoms with Crippen molar-refractivity contribution in [2.75, 3.05) is 0 Å². The van der Waals surface area contributed by atoms with E-state index in [1.54, 1.807) is 24.5 Å². The van der Waals surface area contributed by atoms with E-state index < -0.39 is 0 Å². The standard InChI is InChI=1S/C16H11N2O/c19-16-7-2-1-5-13(16)14-11-17-10-8-12(14)15-6-3-4-9-18-15/h1-10,19H. The van der Waals surface area contributed by atoms with E-state index in [0.717, 1.165) is 16.8 Å². The van der Waals surface area contributed by atoms with E-state index in [4.69, 9.17) is 0 Å². The first-order chi connectivity index (χ1) is 9.36. The van der Waals surface area contributed by atoms with Crippen molar-refractivity contribution < 1.29 is 5.11 Å². The minimum Gasteiger partial charge on any atom is -0.507 e. The summed E-state index contributed by atoms with van der Waals surface area (Å²) in [5, 5.41) is 9.97. The Kier molecular flexibility index (Phi) is 2.94. The van der Waals surface area contributed by atoms with Gasteiger partial charge in [0.05, 0.1) is 11.9 Å². The van der Waals surface area contributed by atoms with Crippen LogP contribution < -0.4 is 0 Å². The molecule has 0 atom stereocenters.